The first-order valence-electron chi connectivity index (χ1n) is 7.63. The third kappa shape index (κ3) is 4.62. The SMILES string of the molecule is C=CCNC(=O)CN1CCC(N2CCCCC2)CC1. The molecular formula is C15H27N3O. The maximum absolute atomic E-state index is 11.6. The molecule has 2 saturated heterocycles. The Hall–Kier alpha value is -0.870. The Morgan fingerprint density at radius 2 is 1.84 bits per heavy atom. The van der Waals surface area contributed by atoms with Crippen molar-refractivity contribution in [2.75, 3.05) is 39.3 Å². The van der Waals surface area contributed by atoms with Gasteiger partial charge < -0.3 is 10.2 Å². The first-order chi connectivity index (χ1) is 9.29. The average molecular weight is 265 g/mol. The largest absolute Gasteiger partial charge is 0.352 e. The lowest BCUT2D eigenvalue weighted by Crippen LogP contribution is -2.48. The van der Waals surface area contributed by atoms with Crippen LogP contribution in [0.5, 0.6) is 0 Å². The van der Waals surface area contributed by atoms with Crippen LogP contribution >= 0.6 is 0 Å². The number of amides is 1. The Morgan fingerprint density at radius 1 is 1.16 bits per heavy atom. The molecule has 2 fully saturated rings. The molecule has 2 aliphatic rings. The summed E-state index contributed by atoms with van der Waals surface area (Å²) in [7, 11) is 0. The molecule has 4 nitrogen and oxygen atoms in total. The molecule has 0 spiro atoms. The smallest absolute Gasteiger partial charge is 0.234 e. The predicted molar refractivity (Wildman–Crippen MR) is 78.1 cm³/mol. The van der Waals surface area contributed by atoms with Gasteiger partial charge in [-0.1, -0.05) is 12.5 Å². The van der Waals surface area contributed by atoms with E-state index in [-0.39, 0.29) is 5.91 Å². The average Bonchev–Trinajstić information content (AvgIpc) is 2.47. The van der Waals surface area contributed by atoms with Crippen LogP contribution in [-0.2, 0) is 4.79 Å². The van der Waals surface area contributed by atoms with Crippen LogP contribution in [0.1, 0.15) is 32.1 Å². The Kier molecular flexibility index (Phi) is 5.86. The van der Waals surface area contributed by atoms with Crippen molar-refractivity contribution in [2.24, 2.45) is 0 Å². The first kappa shape index (κ1) is 14.5. The zero-order valence-corrected chi connectivity index (χ0v) is 11.9. The van der Waals surface area contributed by atoms with Crippen LogP contribution in [0, 0.1) is 0 Å². The van der Waals surface area contributed by atoms with Gasteiger partial charge in [0.05, 0.1) is 6.54 Å². The minimum absolute atomic E-state index is 0.122. The highest BCUT2D eigenvalue weighted by Gasteiger charge is 2.26. The maximum Gasteiger partial charge on any atom is 0.234 e. The lowest BCUT2D eigenvalue weighted by Gasteiger charge is -2.40. The Balaban J connectivity index is 1.67. The number of hydrogen-bond donors (Lipinski definition) is 1. The van der Waals surface area contributed by atoms with Crippen molar-refractivity contribution in [2.45, 2.75) is 38.1 Å². The number of carbonyl (C=O) groups is 1. The quantitative estimate of drug-likeness (QED) is 0.760. The monoisotopic (exact) mass is 265 g/mol. The second-order valence-electron chi connectivity index (χ2n) is 5.70. The molecular weight excluding hydrogens is 238 g/mol. The molecule has 0 saturated carbocycles. The molecule has 0 atom stereocenters. The van der Waals surface area contributed by atoms with Crippen LogP contribution in [0.3, 0.4) is 0 Å². The second kappa shape index (κ2) is 7.65. The third-order valence-corrected chi connectivity index (χ3v) is 4.27. The van der Waals surface area contributed by atoms with Gasteiger partial charge in [-0.05, 0) is 38.8 Å². The number of piperidine rings is 2. The fourth-order valence-electron chi connectivity index (χ4n) is 3.17. The number of likely N-dealkylation sites (tertiary alicyclic amines) is 2. The van der Waals surface area contributed by atoms with E-state index in [1.807, 2.05) is 0 Å². The van der Waals surface area contributed by atoms with Crippen molar-refractivity contribution >= 4 is 5.91 Å². The van der Waals surface area contributed by atoms with Gasteiger partial charge in [0.25, 0.3) is 0 Å². The standard InChI is InChI=1S/C15H27N3O/c1-2-8-16-15(19)13-17-11-6-14(7-12-17)18-9-4-3-5-10-18/h2,14H,1,3-13H2,(H,16,19). The molecule has 2 aliphatic heterocycles. The van der Waals surface area contributed by atoms with Crippen molar-refractivity contribution in [3.05, 3.63) is 12.7 Å². The lowest BCUT2D eigenvalue weighted by atomic mass is 10.00. The minimum atomic E-state index is 0.122. The van der Waals surface area contributed by atoms with Gasteiger partial charge >= 0.3 is 0 Å². The zero-order chi connectivity index (χ0) is 13.5. The maximum atomic E-state index is 11.6. The highest BCUT2D eigenvalue weighted by atomic mass is 16.2. The number of nitrogens with one attached hydrogen (secondary N) is 1. The molecule has 0 radical (unpaired) electrons. The molecule has 0 unspecified atom stereocenters. The van der Waals surface area contributed by atoms with E-state index < -0.39 is 0 Å². The Labute approximate surface area is 116 Å². The van der Waals surface area contributed by atoms with Gasteiger partial charge in [-0.3, -0.25) is 9.69 Å². The number of rotatable bonds is 5. The summed E-state index contributed by atoms with van der Waals surface area (Å²) in [6, 6.07) is 0.757. The summed E-state index contributed by atoms with van der Waals surface area (Å²) in [5.74, 6) is 0.122. The molecule has 1 amide bonds. The van der Waals surface area contributed by atoms with Crippen molar-refractivity contribution in [1.29, 1.82) is 0 Å². The number of carbonyl (C=O) groups excluding carboxylic acids is 1. The van der Waals surface area contributed by atoms with E-state index in [2.05, 4.69) is 21.7 Å². The molecule has 4 heteroatoms. The van der Waals surface area contributed by atoms with Gasteiger partial charge in [-0.25, -0.2) is 0 Å². The van der Waals surface area contributed by atoms with Crippen LogP contribution in [0.15, 0.2) is 12.7 Å². The van der Waals surface area contributed by atoms with Crippen LogP contribution in [0.4, 0.5) is 0 Å². The fraction of sp³-hybridized carbons (Fsp3) is 0.800. The molecule has 19 heavy (non-hydrogen) atoms. The van der Waals surface area contributed by atoms with Crippen LogP contribution in [0.25, 0.3) is 0 Å². The van der Waals surface area contributed by atoms with E-state index in [1.165, 1.54) is 45.2 Å². The van der Waals surface area contributed by atoms with Crippen LogP contribution in [-0.4, -0.2) is 61.0 Å². The van der Waals surface area contributed by atoms with Crippen molar-refractivity contribution in [3.63, 3.8) is 0 Å². The Bertz CT molecular complexity index is 292. The molecule has 0 aromatic carbocycles. The van der Waals surface area contributed by atoms with Crippen LogP contribution in [0.2, 0.25) is 0 Å². The van der Waals surface area contributed by atoms with Gasteiger partial charge in [-0.2, -0.15) is 0 Å². The van der Waals surface area contributed by atoms with Crippen molar-refractivity contribution in [1.82, 2.24) is 15.1 Å². The topological polar surface area (TPSA) is 35.6 Å². The summed E-state index contributed by atoms with van der Waals surface area (Å²) in [6.07, 6.45) is 8.29. The zero-order valence-electron chi connectivity index (χ0n) is 11.9. The fourth-order valence-corrected chi connectivity index (χ4v) is 3.17. The van der Waals surface area contributed by atoms with Crippen molar-refractivity contribution in [3.8, 4) is 0 Å². The van der Waals surface area contributed by atoms with E-state index in [0.29, 0.717) is 13.1 Å². The molecule has 0 aromatic heterocycles. The highest BCUT2D eigenvalue weighted by Crippen LogP contribution is 2.20. The van der Waals surface area contributed by atoms with Gasteiger partial charge in [0.15, 0.2) is 0 Å². The summed E-state index contributed by atoms with van der Waals surface area (Å²) in [6.45, 7) is 9.40. The molecule has 2 rings (SSSR count). The van der Waals surface area contributed by atoms with Gasteiger partial charge in [0.1, 0.15) is 0 Å². The lowest BCUT2D eigenvalue weighted by molar-refractivity contribution is -0.122. The van der Waals surface area contributed by atoms with E-state index in [9.17, 15) is 4.79 Å². The van der Waals surface area contributed by atoms with Crippen LogP contribution < -0.4 is 5.32 Å². The summed E-state index contributed by atoms with van der Waals surface area (Å²) in [5, 5.41) is 2.85. The third-order valence-electron chi connectivity index (χ3n) is 4.27. The minimum Gasteiger partial charge on any atom is -0.352 e. The number of nitrogens with zero attached hydrogens (tertiary/aromatic N) is 2. The van der Waals surface area contributed by atoms with E-state index in [4.69, 9.17) is 0 Å². The molecule has 0 aromatic rings. The van der Waals surface area contributed by atoms with E-state index in [1.54, 1.807) is 6.08 Å². The Morgan fingerprint density at radius 3 is 2.47 bits per heavy atom. The summed E-state index contributed by atoms with van der Waals surface area (Å²) in [4.78, 5) is 16.6. The summed E-state index contributed by atoms with van der Waals surface area (Å²) >= 11 is 0. The second-order valence-corrected chi connectivity index (χ2v) is 5.70. The highest BCUT2D eigenvalue weighted by molar-refractivity contribution is 5.78. The summed E-state index contributed by atoms with van der Waals surface area (Å²) in [5.41, 5.74) is 0. The van der Waals surface area contributed by atoms with Gasteiger partial charge in [0.2, 0.25) is 5.91 Å². The molecule has 0 bridgehead atoms. The van der Waals surface area contributed by atoms with Crippen molar-refractivity contribution < 1.29 is 4.79 Å². The first-order valence-corrected chi connectivity index (χ1v) is 7.63. The van der Waals surface area contributed by atoms with Gasteiger partial charge in [-0.15, -0.1) is 6.58 Å². The number of hydrogen-bond acceptors (Lipinski definition) is 3. The predicted octanol–water partition coefficient (Wildman–Crippen LogP) is 1.24. The summed E-state index contributed by atoms with van der Waals surface area (Å²) < 4.78 is 0. The van der Waals surface area contributed by atoms with E-state index >= 15 is 0 Å². The van der Waals surface area contributed by atoms with Gasteiger partial charge in [0, 0.05) is 25.7 Å². The van der Waals surface area contributed by atoms with E-state index in [0.717, 1.165) is 19.1 Å². The normalized spacial score (nSPS) is 23.2. The molecule has 1 N–H and O–H groups in total. The molecule has 0 aliphatic carbocycles. The molecule has 2 heterocycles. The molecule has 108 valence electrons.